The van der Waals surface area contributed by atoms with Gasteiger partial charge in [0.15, 0.2) is 6.10 Å². The van der Waals surface area contributed by atoms with Gasteiger partial charge in [0.05, 0.1) is 13.2 Å². The number of hydrogen-bond acceptors (Lipinski definition) is 8. The van der Waals surface area contributed by atoms with Crippen LogP contribution in [0.5, 0.6) is 0 Å². The lowest BCUT2D eigenvalue weighted by molar-refractivity contribution is -0.161. The van der Waals surface area contributed by atoms with Crippen LogP contribution in [0.3, 0.4) is 0 Å². The monoisotopic (exact) mass is 970 g/mol. The van der Waals surface area contributed by atoms with Gasteiger partial charge in [-0.25, -0.2) is 4.57 Å². The zero-order valence-electron chi connectivity index (χ0n) is 43.3. The smallest absolute Gasteiger partial charge is 0.462 e. The molecule has 0 radical (unpaired) electrons. The average Bonchev–Trinajstić information content (AvgIpc) is 3.33. The van der Waals surface area contributed by atoms with Crippen LogP contribution in [0, 0.1) is 0 Å². The highest BCUT2D eigenvalue weighted by Crippen LogP contribution is 2.43. The van der Waals surface area contributed by atoms with Gasteiger partial charge in [-0.1, -0.05) is 233 Å². The minimum atomic E-state index is -4.40. The number of esters is 2. The van der Waals surface area contributed by atoms with Crippen molar-refractivity contribution in [1.82, 2.24) is 0 Å². The first-order valence-electron chi connectivity index (χ1n) is 27.2. The van der Waals surface area contributed by atoms with Crippen LogP contribution in [0.4, 0.5) is 0 Å². The quantitative estimate of drug-likeness (QED) is 0.0264. The van der Waals surface area contributed by atoms with E-state index < -0.39 is 26.5 Å². The summed E-state index contributed by atoms with van der Waals surface area (Å²) in [6.45, 7) is 3.61. The Morgan fingerprint density at radius 3 is 1.21 bits per heavy atom. The van der Waals surface area contributed by atoms with Gasteiger partial charge in [-0.15, -0.1) is 0 Å². The van der Waals surface area contributed by atoms with Crippen molar-refractivity contribution in [3.8, 4) is 0 Å². The van der Waals surface area contributed by atoms with E-state index in [4.69, 9.17) is 24.3 Å². The number of carbonyl (C=O) groups is 2. The molecule has 0 saturated heterocycles. The number of allylic oxidation sites excluding steroid dienone is 16. The summed E-state index contributed by atoms with van der Waals surface area (Å²) in [4.78, 5) is 35.1. The fourth-order valence-corrected chi connectivity index (χ4v) is 8.00. The first kappa shape index (κ1) is 64.9. The molecule has 10 heteroatoms. The molecule has 0 amide bonds. The van der Waals surface area contributed by atoms with Gasteiger partial charge in [0.25, 0.3) is 0 Å². The predicted molar refractivity (Wildman–Crippen MR) is 288 cm³/mol. The zero-order chi connectivity index (χ0) is 49.5. The molecule has 68 heavy (non-hydrogen) atoms. The van der Waals surface area contributed by atoms with Crippen LogP contribution >= 0.6 is 7.82 Å². The number of phosphoric acid groups is 1. The zero-order valence-corrected chi connectivity index (χ0v) is 44.2. The van der Waals surface area contributed by atoms with Crippen LogP contribution in [0.15, 0.2) is 97.2 Å². The summed E-state index contributed by atoms with van der Waals surface area (Å²) in [6.07, 6.45) is 70.2. The van der Waals surface area contributed by atoms with Crippen LogP contribution in [-0.2, 0) is 32.7 Å². The maximum Gasteiger partial charge on any atom is 0.472 e. The van der Waals surface area contributed by atoms with E-state index in [0.717, 1.165) is 96.3 Å². The maximum atomic E-state index is 12.7. The Kier molecular flexibility index (Phi) is 50.9. The van der Waals surface area contributed by atoms with E-state index in [-0.39, 0.29) is 38.6 Å². The molecule has 0 saturated carbocycles. The van der Waals surface area contributed by atoms with Gasteiger partial charge in [-0.3, -0.25) is 18.6 Å². The van der Waals surface area contributed by atoms with Crippen LogP contribution in [0.1, 0.15) is 226 Å². The molecule has 0 fully saturated rings. The molecule has 0 aromatic rings. The SMILES string of the molecule is CC/C=C\C/C=C\C/C=C\C/C=C\C/C=C\C/C=C\C/C=C\C/C=C\CCCCCCC(=O)OC(COC(=O)CCCCCCCCCCCCCCCCCCCC)COP(=O)(O)OCCN. The third-order valence-electron chi connectivity index (χ3n) is 11.2. The van der Waals surface area contributed by atoms with Gasteiger partial charge in [0.2, 0.25) is 0 Å². The van der Waals surface area contributed by atoms with Crippen molar-refractivity contribution in [1.29, 1.82) is 0 Å². The van der Waals surface area contributed by atoms with Crippen LogP contribution < -0.4 is 5.73 Å². The number of hydrogen-bond donors (Lipinski definition) is 2. The normalized spacial score (nSPS) is 13.9. The number of carbonyl (C=O) groups excluding carboxylic acids is 2. The number of unbranched alkanes of at least 4 members (excludes halogenated alkanes) is 21. The topological polar surface area (TPSA) is 134 Å². The van der Waals surface area contributed by atoms with Crippen molar-refractivity contribution in [3.63, 3.8) is 0 Å². The molecule has 0 aliphatic rings. The summed E-state index contributed by atoms with van der Waals surface area (Å²) in [6, 6.07) is 0. The number of rotatable bonds is 50. The molecule has 2 atom stereocenters. The molecular formula is C58H100NO8P. The van der Waals surface area contributed by atoms with Crippen molar-refractivity contribution in [3.05, 3.63) is 97.2 Å². The first-order valence-corrected chi connectivity index (χ1v) is 28.7. The van der Waals surface area contributed by atoms with Gasteiger partial charge in [-0.2, -0.15) is 0 Å². The lowest BCUT2D eigenvalue weighted by Crippen LogP contribution is -2.29. The second-order valence-electron chi connectivity index (χ2n) is 17.7. The lowest BCUT2D eigenvalue weighted by Gasteiger charge is -2.19. The van der Waals surface area contributed by atoms with Crippen LogP contribution in [-0.4, -0.2) is 49.3 Å². The number of ether oxygens (including phenoxy) is 2. The van der Waals surface area contributed by atoms with Crippen molar-refractivity contribution < 1.29 is 37.6 Å². The summed E-state index contributed by atoms with van der Waals surface area (Å²) >= 11 is 0. The Labute approximate surface area is 416 Å². The van der Waals surface area contributed by atoms with Gasteiger partial charge >= 0.3 is 19.8 Å². The fourth-order valence-electron chi connectivity index (χ4n) is 7.24. The van der Waals surface area contributed by atoms with Crippen molar-refractivity contribution >= 4 is 19.8 Å². The Balaban J connectivity index is 4.11. The van der Waals surface area contributed by atoms with E-state index >= 15 is 0 Å². The molecule has 0 bridgehead atoms. The number of phosphoric ester groups is 1. The van der Waals surface area contributed by atoms with E-state index in [1.54, 1.807) is 0 Å². The van der Waals surface area contributed by atoms with Crippen molar-refractivity contribution in [2.24, 2.45) is 5.73 Å². The van der Waals surface area contributed by atoms with Crippen molar-refractivity contribution in [2.75, 3.05) is 26.4 Å². The third-order valence-corrected chi connectivity index (χ3v) is 12.2. The molecule has 0 aliphatic heterocycles. The standard InChI is InChI=1S/C58H100NO8P/c1-3-5-7-9-11-13-15-17-19-21-23-24-25-26-27-28-29-30-31-32-33-35-37-39-41-43-45-47-49-51-58(61)67-56(55-66-68(62,63)65-53-52-59)54-64-57(60)50-48-46-44-42-40-38-36-34-22-20-18-16-14-12-10-8-6-4-2/h5,7,11,13,17,19,23-24,26-27,29-30,32-33,37,39,56H,3-4,6,8-10,12,14-16,18,20-22,25,28,31,34-36,38,40-55,59H2,1-2H3,(H,62,63)/b7-5-,13-11-,19-17-,24-23-,27-26-,30-29-,33-32-,39-37-. The van der Waals surface area contributed by atoms with E-state index in [9.17, 15) is 19.0 Å². The summed E-state index contributed by atoms with van der Waals surface area (Å²) in [5.41, 5.74) is 5.37. The van der Waals surface area contributed by atoms with Crippen molar-refractivity contribution in [2.45, 2.75) is 232 Å². The van der Waals surface area contributed by atoms with Gasteiger partial charge in [0.1, 0.15) is 6.61 Å². The largest absolute Gasteiger partial charge is 0.472 e. The molecule has 0 heterocycles. The Morgan fingerprint density at radius 2 is 0.809 bits per heavy atom. The summed E-state index contributed by atoms with van der Waals surface area (Å²) < 4.78 is 32.9. The molecule has 3 N–H and O–H groups in total. The fraction of sp³-hybridized carbons (Fsp3) is 0.690. The Hall–Kier alpha value is -3.07. The van der Waals surface area contributed by atoms with E-state index in [1.807, 2.05) is 0 Å². The van der Waals surface area contributed by atoms with Crippen LogP contribution in [0.25, 0.3) is 0 Å². The minimum Gasteiger partial charge on any atom is -0.462 e. The van der Waals surface area contributed by atoms with E-state index in [0.29, 0.717) is 6.42 Å². The second-order valence-corrected chi connectivity index (χ2v) is 19.2. The van der Waals surface area contributed by atoms with Gasteiger partial charge in [-0.05, 0) is 77.0 Å². The maximum absolute atomic E-state index is 12.7. The third kappa shape index (κ3) is 52.3. The summed E-state index contributed by atoms with van der Waals surface area (Å²) in [5, 5.41) is 0. The highest BCUT2D eigenvalue weighted by molar-refractivity contribution is 7.47. The van der Waals surface area contributed by atoms with E-state index in [1.165, 1.54) is 96.3 Å². The van der Waals surface area contributed by atoms with Gasteiger partial charge < -0.3 is 20.1 Å². The molecule has 390 valence electrons. The predicted octanol–water partition coefficient (Wildman–Crippen LogP) is 16.9. The van der Waals surface area contributed by atoms with Gasteiger partial charge in [0, 0.05) is 19.4 Å². The number of nitrogens with two attached hydrogens (primary N) is 1. The van der Waals surface area contributed by atoms with E-state index in [2.05, 4.69) is 111 Å². The second kappa shape index (κ2) is 53.3. The Bertz CT molecular complexity index is 1430. The Morgan fingerprint density at radius 1 is 0.456 bits per heavy atom. The molecular weight excluding hydrogens is 870 g/mol. The molecule has 9 nitrogen and oxygen atoms in total. The minimum absolute atomic E-state index is 0.0450. The molecule has 0 aromatic carbocycles. The molecule has 2 unspecified atom stereocenters. The molecule has 0 spiro atoms. The molecule has 0 aliphatic carbocycles. The summed E-state index contributed by atoms with van der Waals surface area (Å²) in [5.74, 6) is -0.857. The summed E-state index contributed by atoms with van der Waals surface area (Å²) in [7, 11) is -4.40. The molecule has 0 rings (SSSR count). The lowest BCUT2D eigenvalue weighted by atomic mass is 10.0. The highest BCUT2D eigenvalue weighted by atomic mass is 31.2. The van der Waals surface area contributed by atoms with Crippen LogP contribution in [0.2, 0.25) is 0 Å². The average molecular weight is 970 g/mol. The molecule has 0 aromatic heterocycles. The first-order chi connectivity index (χ1) is 33.3. The highest BCUT2D eigenvalue weighted by Gasteiger charge is 2.26.